The highest BCUT2D eigenvalue weighted by Crippen LogP contribution is 2.29. The summed E-state index contributed by atoms with van der Waals surface area (Å²) in [5.74, 6) is -0.777. The molecule has 0 fully saturated rings. The molecule has 7 heteroatoms. The van der Waals surface area contributed by atoms with E-state index in [1.807, 2.05) is 0 Å². The van der Waals surface area contributed by atoms with Crippen molar-refractivity contribution in [1.29, 1.82) is 0 Å². The summed E-state index contributed by atoms with van der Waals surface area (Å²) in [5, 5.41) is -1.00. The summed E-state index contributed by atoms with van der Waals surface area (Å²) in [5.41, 5.74) is 0. The first-order valence-corrected chi connectivity index (χ1v) is 8.00. The monoisotopic (exact) mass is 324 g/mol. The van der Waals surface area contributed by atoms with Crippen molar-refractivity contribution in [2.24, 2.45) is 0 Å². The second kappa shape index (κ2) is 6.59. The minimum Gasteiger partial charge on any atom is -0.465 e. The molecule has 1 aromatic rings. The van der Waals surface area contributed by atoms with Gasteiger partial charge in [-0.1, -0.05) is 30.1 Å². The number of benzene rings is 1. The Labute approximate surface area is 122 Å². The van der Waals surface area contributed by atoms with Crippen molar-refractivity contribution in [1.82, 2.24) is 0 Å². The second-order valence-corrected chi connectivity index (χ2v) is 6.71. The predicted molar refractivity (Wildman–Crippen MR) is 74.4 cm³/mol. The van der Waals surface area contributed by atoms with Crippen LogP contribution in [-0.4, -0.2) is 26.2 Å². The van der Waals surface area contributed by atoms with Crippen molar-refractivity contribution in [3.63, 3.8) is 0 Å². The van der Waals surface area contributed by atoms with Gasteiger partial charge in [0.15, 0.2) is 15.1 Å². The molecule has 0 aromatic heterocycles. The van der Waals surface area contributed by atoms with Gasteiger partial charge in [-0.05, 0) is 31.5 Å². The van der Waals surface area contributed by atoms with Gasteiger partial charge in [0, 0.05) is 5.02 Å². The molecule has 0 amide bonds. The maximum atomic E-state index is 12.4. The zero-order chi connectivity index (χ0) is 14.6. The summed E-state index contributed by atoms with van der Waals surface area (Å²) in [6.07, 6.45) is 0.101. The molecular weight excluding hydrogens is 311 g/mol. The Hall–Kier alpha value is -0.780. The van der Waals surface area contributed by atoms with Gasteiger partial charge in [-0.3, -0.25) is 4.79 Å². The Kier molecular flexibility index (Phi) is 5.64. The van der Waals surface area contributed by atoms with Crippen molar-refractivity contribution in [3.05, 3.63) is 28.2 Å². The van der Waals surface area contributed by atoms with Crippen LogP contribution in [0, 0.1) is 0 Å². The molecule has 1 aromatic carbocycles. The number of hydrogen-bond donors (Lipinski definition) is 0. The molecule has 0 aliphatic rings. The molecule has 0 aliphatic heterocycles. The van der Waals surface area contributed by atoms with Gasteiger partial charge in [0.05, 0.1) is 16.5 Å². The topological polar surface area (TPSA) is 60.4 Å². The molecule has 0 aliphatic carbocycles. The van der Waals surface area contributed by atoms with Crippen molar-refractivity contribution in [2.75, 3.05) is 6.61 Å². The molecule has 0 saturated heterocycles. The molecular formula is C12H14Cl2O4S. The van der Waals surface area contributed by atoms with E-state index in [0.717, 1.165) is 0 Å². The Balaban J connectivity index is 3.28. The highest BCUT2D eigenvalue weighted by molar-refractivity contribution is 7.93. The van der Waals surface area contributed by atoms with Crippen LogP contribution in [0.25, 0.3) is 0 Å². The van der Waals surface area contributed by atoms with Crippen molar-refractivity contribution in [3.8, 4) is 0 Å². The Morgan fingerprint density at radius 2 is 1.95 bits per heavy atom. The number of carbonyl (C=O) groups is 1. The molecule has 106 valence electrons. The first-order valence-electron chi connectivity index (χ1n) is 5.70. The number of carbonyl (C=O) groups excluding carboxylic acids is 1. The van der Waals surface area contributed by atoms with Gasteiger partial charge in [-0.2, -0.15) is 0 Å². The lowest BCUT2D eigenvalue weighted by Crippen LogP contribution is -2.31. The zero-order valence-corrected chi connectivity index (χ0v) is 12.8. The number of rotatable bonds is 5. The van der Waals surface area contributed by atoms with E-state index < -0.39 is 21.1 Å². The molecule has 0 spiro atoms. The van der Waals surface area contributed by atoms with Crippen LogP contribution < -0.4 is 0 Å². The van der Waals surface area contributed by atoms with E-state index >= 15 is 0 Å². The predicted octanol–water partition coefficient (Wildman–Crippen LogP) is 3.11. The maximum Gasteiger partial charge on any atom is 0.324 e. The van der Waals surface area contributed by atoms with E-state index in [0.29, 0.717) is 0 Å². The highest BCUT2D eigenvalue weighted by atomic mass is 35.5. The van der Waals surface area contributed by atoms with Crippen LogP contribution in [0.5, 0.6) is 0 Å². The molecule has 1 atom stereocenters. The quantitative estimate of drug-likeness (QED) is 0.781. The number of hydrogen-bond acceptors (Lipinski definition) is 4. The molecule has 0 N–H and O–H groups in total. The average Bonchev–Trinajstić information content (AvgIpc) is 2.33. The maximum absolute atomic E-state index is 12.4. The van der Waals surface area contributed by atoms with Gasteiger partial charge in [0.2, 0.25) is 0 Å². The van der Waals surface area contributed by atoms with Gasteiger partial charge < -0.3 is 4.74 Å². The summed E-state index contributed by atoms with van der Waals surface area (Å²) in [7, 11) is -3.92. The third-order valence-corrected chi connectivity index (χ3v) is 5.40. The minimum atomic E-state index is -3.92. The molecule has 1 unspecified atom stereocenters. The number of halogens is 2. The normalized spacial score (nSPS) is 13.1. The lowest BCUT2D eigenvalue weighted by atomic mass is 10.3. The van der Waals surface area contributed by atoms with E-state index in [1.54, 1.807) is 13.8 Å². The van der Waals surface area contributed by atoms with Gasteiger partial charge in [-0.25, -0.2) is 8.42 Å². The summed E-state index contributed by atoms with van der Waals surface area (Å²) < 4.78 is 29.6. The van der Waals surface area contributed by atoms with Crippen LogP contribution in [-0.2, 0) is 19.4 Å². The van der Waals surface area contributed by atoms with Crippen LogP contribution in [0.1, 0.15) is 20.3 Å². The summed E-state index contributed by atoms with van der Waals surface area (Å²) in [4.78, 5) is 11.6. The molecule has 1 rings (SSSR count). The average molecular weight is 325 g/mol. The second-order valence-electron chi connectivity index (χ2n) is 3.77. The fourth-order valence-corrected chi connectivity index (χ4v) is 3.97. The van der Waals surface area contributed by atoms with Crippen LogP contribution in [0.3, 0.4) is 0 Å². The first kappa shape index (κ1) is 16.3. The van der Waals surface area contributed by atoms with Crippen molar-refractivity contribution >= 4 is 39.0 Å². The van der Waals surface area contributed by atoms with Crippen molar-refractivity contribution < 1.29 is 17.9 Å². The van der Waals surface area contributed by atoms with Crippen LogP contribution in [0.4, 0.5) is 0 Å². The molecule has 0 bridgehead atoms. The zero-order valence-electron chi connectivity index (χ0n) is 10.5. The Morgan fingerprint density at radius 1 is 1.32 bits per heavy atom. The SMILES string of the molecule is CCOC(=O)C(CC)S(=O)(=O)c1cc(Cl)ccc1Cl. The lowest BCUT2D eigenvalue weighted by molar-refractivity contribution is -0.142. The standard InChI is InChI=1S/C12H14Cl2O4S/c1-3-10(12(15)18-4-2)19(16,17)11-7-8(13)5-6-9(11)14/h5-7,10H,3-4H2,1-2H3. The molecule has 19 heavy (non-hydrogen) atoms. The fraction of sp³-hybridized carbons (Fsp3) is 0.417. The van der Waals surface area contributed by atoms with Crippen LogP contribution >= 0.6 is 23.2 Å². The van der Waals surface area contributed by atoms with Crippen LogP contribution in [0.15, 0.2) is 23.1 Å². The Morgan fingerprint density at radius 3 is 2.47 bits per heavy atom. The Bertz CT molecular complexity index is 569. The van der Waals surface area contributed by atoms with E-state index in [-0.39, 0.29) is 28.0 Å². The van der Waals surface area contributed by atoms with E-state index in [2.05, 4.69) is 0 Å². The smallest absolute Gasteiger partial charge is 0.324 e. The fourth-order valence-electron chi connectivity index (χ4n) is 1.60. The largest absolute Gasteiger partial charge is 0.465 e. The summed E-state index contributed by atoms with van der Waals surface area (Å²) in [6, 6.07) is 4.10. The van der Waals surface area contributed by atoms with Gasteiger partial charge in [0.1, 0.15) is 0 Å². The van der Waals surface area contributed by atoms with E-state index in [1.165, 1.54) is 18.2 Å². The van der Waals surface area contributed by atoms with Gasteiger partial charge in [-0.15, -0.1) is 0 Å². The molecule has 0 saturated carbocycles. The van der Waals surface area contributed by atoms with E-state index in [4.69, 9.17) is 27.9 Å². The number of ether oxygens (including phenoxy) is 1. The molecule has 0 heterocycles. The first-order chi connectivity index (χ1) is 8.84. The lowest BCUT2D eigenvalue weighted by Gasteiger charge is -2.15. The summed E-state index contributed by atoms with van der Waals surface area (Å²) >= 11 is 11.6. The molecule has 0 radical (unpaired) electrons. The third kappa shape index (κ3) is 3.61. The van der Waals surface area contributed by atoms with Crippen molar-refractivity contribution in [2.45, 2.75) is 30.4 Å². The summed E-state index contributed by atoms with van der Waals surface area (Å²) in [6.45, 7) is 3.33. The van der Waals surface area contributed by atoms with Gasteiger partial charge in [0.25, 0.3) is 0 Å². The number of esters is 1. The highest BCUT2D eigenvalue weighted by Gasteiger charge is 2.35. The number of sulfone groups is 1. The van der Waals surface area contributed by atoms with E-state index in [9.17, 15) is 13.2 Å². The minimum absolute atomic E-state index is 0.0344. The van der Waals surface area contributed by atoms with Gasteiger partial charge >= 0.3 is 5.97 Å². The third-order valence-electron chi connectivity index (χ3n) is 2.49. The van der Waals surface area contributed by atoms with Crippen LogP contribution in [0.2, 0.25) is 10.0 Å². The molecule has 4 nitrogen and oxygen atoms in total.